The molecule has 0 spiro atoms. The summed E-state index contributed by atoms with van der Waals surface area (Å²) in [7, 11) is 0. The highest BCUT2D eigenvalue weighted by Gasteiger charge is 2.02. The van der Waals surface area contributed by atoms with Crippen molar-refractivity contribution in [1.82, 2.24) is 5.32 Å². The smallest absolute Gasteiger partial charge is 0.159 e. The van der Waals surface area contributed by atoms with Crippen LogP contribution in [0.15, 0.2) is 18.2 Å². The average Bonchev–Trinajstić information content (AvgIpc) is 2.32. The third-order valence-electron chi connectivity index (χ3n) is 2.86. The van der Waals surface area contributed by atoms with Crippen molar-refractivity contribution in [2.24, 2.45) is 5.92 Å². The summed E-state index contributed by atoms with van der Waals surface area (Å²) in [4.78, 5) is 0. The van der Waals surface area contributed by atoms with Gasteiger partial charge in [-0.15, -0.1) is 0 Å². The Labute approximate surface area is 109 Å². The van der Waals surface area contributed by atoms with Gasteiger partial charge in [0, 0.05) is 0 Å². The van der Waals surface area contributed by atoms with E-state index in [4.69, 9.17) is 0 Å². The zero-order valence-electron chi connectivity index (χ0n) is 11.3. The number of rotatable bonds is 8. The van der Waals surface area contributed by atoms with Crippen molar-refractivity contribution in [3.8, 4) is 0 Å². The Kier molecular flexibility index (Phi) is 6.88. The van der Waals surface area contributed by atoms with Gasteiger partial charge >= 0.3 is 0 Å². The highest BCUT2D eigenvalue weighted by Crippen LogP contribution is 2.11. The molecule has 3 heteroatoms. The molecular formula is C15H23F2N. The molecule has 0 bridgehead atoms. The van der Waals surface area contributed by atoms with Crippen molar-refractivity contribution in [3.63, 3.8) is 0 Å². The van der Waals surface area contributed by atoms with Gasteiger partial charge in [0.05, 0.1) is 0 Å². The van der Waals surface area contributed by atoms with Gasteiger partial charge in [0.25, 0.3) is 0 Å². The fraction of sp³-hybridized carbons (Fsp3) is 0.600. The SMILES string of the molecule is CC(C)CNCCCCCc1ccc(F)c(F)c1. The predicted molar refractivity (Wildman–Crippen MR) is 71.6 cm³/mol. The summed E-state index contributed by atoms with van der Waals surface area (Å²) in [5.74, 6) is -0.824. The Bertz CT molecular complexity index is 350. The van der Waals surface area contributed by atoms with Crippen LogP contribution in [0.25, 0.3) is 0 Å². The van der Waals surface area contributed by atoms with Gasteiger partial charge in [0.15, 0.2) is 11.6 Å². The van der Waals surface area contributed by atoms with E-state index in [0.29, 0.717) is 5.92 Å². The third kappa shape index (κ3) is 6.10. The number of hydrogen-bond acceptors (Lipinski definition) is 1. The first-order valence-electron chi connectivity index (χ1n) is 6.74. The maximum Gasteiger partial charge on any atom is 0.159 e. The second-order valence-electron chi connectivity index (χ2n) is 5.16. The molecule has 0 heterocycles. The Balaban J connectivity index is 2.09. The maximum atomic E-state index is 12.9. The Morgan fingerprint density at radius 3 is 2.50 bits per heavy atom. The van der Waals surface area contributed by atoms with E-state index in [1.54, 1.807) is 6.07 Å². The van der Waals surface area contributed by atoms with Crippen LogP contribution in [0.3, 0.4) is 0 Å². The monoisotopic (exact) mass is 255 g/mol. The van der Waals surface area contributed by atoms with Crippen LogP contribution in [0.2, 0.25) is 0 Å². The van der Waals surface area contributed by atoms with Crippen LogP contribution in [0.1, 0.15) is 38.7 Å². The lowest BCUT2D eigenvalue weighted by atomic mass is 10.1. The first kappa shape index (κ1) is 15.1. The van der Waals surface area contributed by atoms with Gasteiger partial charge in [-0.3, -0.25) is 0 Å². The van der Waals surface area contributed by atoms with Crippen LogP contribution in [-0.2, 0) is 6.42 Å². The molecule has 1 N–H and O–H groups in total. The fourth-order valence-electron chi connectivity index (χ4n) is 1.84. The van der Waals surface area contributed by atoms with Crippen LogP contribution in [-0.4, -0.2) is 13.1 Å². The minimum Gasteiger partial charge on any atom is -0.316 e. The summed E-state index contributed by atoms with van der Waals surface area (Å²) in [6, 6.07) is 4.16. The van der Waals surface area contributed by atoms with E-state index < -0.39 is 11.6 Å². The van der Waals surface area contributed by atoms with Crippen molar-refractivity contribution >= 4 is 0 Å². The highest BCUT2D eigenvalue weighted by atomic mass is 19.2. The molecule has 0 fully saturated rings. The topological polar surface area (TPSA) is 12.0 Å². The minimum absolute atomic E-state index is 0.687. The van der Waals surface area contributed by atoms with Crippen LogP contribution in [0, 0.1) is 17.6 Å². The van der Waals surface area contributed by atoms with E-state index in [1.165, 1.54) is 12.1 Å². The molecule has 0 saturated heterocycles. The molecule has 18 heavy (non-hydrogen) atoms. The molecule has 0 aliphatic rings. The highest BCUT2D eigenvalue weighted by molar-refractivity contribution is 5.17. The molecule has 0 aromatic heterocycles. The zero-order chi connectivity index (χ0) is 13.4. The van der Waals surface area contributed by atoms with E-state index in [2.05, 4.69) is 19.2 Å². The van der Waals surface area contributed by atoms with Gasteiger partial charge in [-0.05, 0) is 56.0 Å². The van der Waals surface area contributed by atoms with Crippen LogP contribution in [0.4, 0.5) is 8.78 Å². The summed E-state index contributed by atoms with van der Waals surface area (Å²) < 4.78 is 25.7. The predicted octanol–water partition coefficient (Wildman–Crippen LogP) is 3.92. The number of nitrogens with one attached hydrogen (secondary N) is 1. The zero-order valence-corrected chi connectivity index (χ0v) is 11.3. The molecule has 0 unspecified atom stereocenters. The van der Waals surface area contributed by atoms with Gasteiger partial charge in [-0.2, -0.15) is 0 Å². The van der Waals surface area contributed by atoms with Crippen molar-refractivity contribution in [2.45, 2.75) is 39.5 Å². The molecule has 0 amide bonds. The number of benzene rings is 1. The summed E-state index contributed by atoms with van der Waals surface area (Å²) >= 11 is 0. The molecule has 1 aromatic rings. The normalized spacial score (nSPS) is 11.2. The Morgan fingerprint density at radius 2 is 1.83 bits per heavy atom. The van der Waals surface area contributed by atoms with Crippen LogP contribution in [0.5, 0.6) is 0 Å². The van der Waals surface area contributed by atoms with Gasteiger partial charge in [0.2, 0.25) is 0 Å². The Hall–Kier alpha value is -0.960. The molecule has 0 atom stereocenters. The minimum atomic E-state index is -0.767. The Morgan fingerprint density at radius 1 is 1.06 bits per heavy atom. The summed E-state index contributed by atoms with van der Waals surface area (Å²) in [5.41, 5.74) is 0.879. The van der Waals surface area contributed by atoms with E-state index in [-0.39, 0.29) is 0 Å². The fourth-order valence-corrected chi connectivity index (χ4v) is 1.84. The lowest BCUT2D eigenvalue weighted by Crippen LogP contribution is -2.20. The number of halogens is 2. The number of unbranched alkanes of at least 4 members (excludes halogenated alkanes) is 2. The second-order valence-corrected chi connectivity index (χ2v) is 5.16. The first-order valence-corrected chi connectivity index (χ1v) is 6.74. The van der Waals surface area contributed by atoms with Crippen LogP contribution >= 0.6 is 0 Å². The second kappa shape index (κ2) is 8.20. The maximum absolute atomic E-state index is 12.9. The summed E-state index contributed by atoms with van der Waals surface area (Å²) in [6.07, 6.45) is 4.09. The molecule has 1 nitrogen and oxygen atoms in total. The largest absolute Gasteiger partial charge is 0.316 e. The molecular weight excluding hydrogens is 232 g/mol. The quantitative estimate of drug-likeness (QED) is 0.694. The van der Waals surface area contributed by atoms with Crippen molar-refractivity contribution in [1.29, 1.82) is 0 Å². The lowest BCUT2D eigenvalue weighted by molar-refractivity contribution is 0.506. The van der Waals surface area contributed by atoms with Gasteiger partial charge in [-0.25, -0.2) is 8.78 Å². The van der Waals surface area contributed by atoms with E-state index in [1.807, 2.05) is 0 Å². The molecule has 0 radical (unpaired) electrons. The van der Waals surface area contributed by atoms with Crippen LogP contribution < -0.4 is 5.32 Å². The summed E-state index contributed by atoms with van der Waals surface area (Å²) in [6.45, 7) is 6.48. The van der Waals surface area contributed by atoms with Gasteiger partial charge < -0.3 is 5.32 Å². The van der Waals surface area contributed by atoms with E-state index >= 15 is 0 Å². The molecule has 0 saturated carbocycles. The summed E-state index contributed by atoms with van der Waals surface area (Å²) in [5, 5.41) is 3.39. The lowest BCUT2D eigenvalue weighted by Gasteiger charge is -2.07. The standard InChI is InChI=1S/C15H23F2N/c1-12(2)11-18-9-5-3-4-6-13-7-8-14(16)15(17)10-13/h7-8,10,12,18H,3-6,9,11H2,1-2H3. The molecule has 0 aliphatic carbocycles. The van der Waals surface area contributed by atoms with Gasteiger partial charge in [0.1, 0.15) is 0 Å². The van der Waals surface area contributed by atoms with Gasteiger partial charge in [-0.1, -0.05) is 26.3 Å². The number of aryl methyl sites for hydroxylation is 1. The van der Waals surface area contributed by atoms with Crippen molar-refractivity contribution in [2.75, 3.05) is 13.1 Å². The molecule has 1 rings (SSSR count). The van der Waals surface area contributed by atoms with E-state index in [0.717, 1.165) is 44.3 Å². The van der Waals surface area contributed by atoms with E-state index in [9.17, 15) is 8.78 Å². The number of hydrogen-bond donors (Lipinski definition) is 1. The molecule has 1 aromatic carbocycles. The van der Waals surface area contributed by atoms with Crippen molar-refractivity contribution in [3.05, 3.63) is 35.4 Å². The average molecular weight is 255 g/mol. The molecule has 0 aliphatic heterocycles. The third-order valence-corrected chi connectivity index (χ3v) is 2.86. The first-order chi connectivity index (χ1) is 8.59. The molecule has 102 valence electrons. The van der Waals surface area contributed by atoms with Crippen molar-refractivity contribution < 1.29 is 8.78 Å².